The molecule has 21 heavy (non-hydrogen) atoms. The highest BCUT2D eigenvalue weighted by Gasteiger charge is 2.10. The summed E-state index contributed by atoms with van der Waals surface area (Å²) in [7, 11) is 0. The number of hydrogen-bond acceptors (Lipinski definition) is 4. The van der Waals surface area contributed by atoms with Crippen LogP contribution in [0.5, 0.6) is 0 Å². The highest BCUT2D eigenvalue weighted by molar-refractivity contribution is 5.76. The third kappa shape index (κ3) is 4.91. The van der Waals surface area contributed by atoms with Gasteiger partial charge < -0.3 is 11.1 Å². The van der Waals surface area contributed by atoms with Gasteiger partial charge in [0.15, 0.2) is 0 Å². The van der Waals surface area contributed by atoms with Gasteiger partial charge in [-0.15, -0.1) is 5.10 Å². The van der Waals surface area contributed by atoms with Gasteiger partial charge in [-0.1, -0.05) is 24.3 Å². The lowest BCUT2D eigenvalue weighted by Gasteiger charge is -2.12. The molecular weight excluding hydrogens is 266 g/mol. The van der Waals surface area contributed by atoms with Crippen LogP contribution in [0.1, 0.15) is 31.2 Å². The Morgan fingerprint density at radius 2 is 2.14 bits per heavy atom. The number of carbonyl (C=O) groups excluding carboxylic acids is 1. The Balaban J connectivity index is 1.67. The first-order valence-corrected chi connectivity index (χ1v) is 7.11. The van der Waals surface area contributed by atoms with Crippen LogP contribution in [0.3, 0.4) is 0 Å². The number of carbonyl (C=O) groups is 1. The number of rotatable bonds is 7. The molecule has 2 aromatic rings. The number of anilines is 1. The largest absolute Gasteiger partial charge is 0.399 e. The SMILES string of the molecule is CC(CC(=O)NCCCn1ccnn1)c1ccc(N)cc1. The molecule has 0 aliphatic heterocycles. The molecule has 1 aromatic heterocycles. The van der Waals surface area contributed by atoms with Gasteiger partial charge in [0.1, 0.15) is 0 Å². The van der Waals surface area contributed by atoms with E-state index < -0.39 is 0 Å². The topological polar surface area (TPSA) is 85.8 Å². The molecular formula is C15H21N5O. The lowest BCUT2D eigenvalue weighted by Crippen LogP contribution is -2.26. The normalized spacial score (nSPS) is 12.0. The average Bonchev–Trinajstić information content (AvgIpc) is 2.97. The van der Waals surface area contributed by atoms with Gasteiger partial charge in [0.2, 0.25) is 5.91 Å². The van der Waals surface area contributed by atoms with Gasteiger partial charge in [-0.3, -0.25) is 9.48 Å². The van der Waals surface area contributed by atoms with Crippen LogP contribution in [-0.4, -0.2) is 27.4 Å². The number of nitrogens with zero attached hydrogens (tertiary/aromatic N) is 3. The van der Waals surface area contributed by atoms with Gasteiger partial charge in [0.25, 0.3) is 0 Å². The number of aromatic nitrogens is 3. The molecule has 0 bridgehead atoms. The lowest BCUT2D eigenvalue weighted by molar-refractivity contribution is -0.121. The maximum atomic E-state index is 11.9. The Labute approximate surface area is 124 Å². The van der Waals surface area contributed by atoms with E-state index >= 15 is 0 Å². The Morgan fingerprint density at radius 3 is 2.81 bits per heavy atom. The van der Waals surface area contributed by atoms with E-state index in [1.807, 2.05) is 37.4 Å². The predicted molar refractivity (Wildman–Crippen MR) is 81.5 cm³/mol. The van der Waals surface area contributed by atoms with Crippen molar-refractivity contribution in [2.75, 3.05) is 12.3 Å². The van der Waals surface area contributed by atoms with Crippen LogP contribution in [0.2, 0.25) is 0 Å². The van der Waals surface area contributed by atoms with Gasteiger partial charge in [-0.05, 0) is 30.0 Å². The average molecular weight is 287 g/mol. The van der Waals surface area contributed by atoms with E-state index in [9.17, 15) is 4.79 Å². The second-order valence-corrected chi connectivity index (χ2v) is 5.14. The van der Waals surface area contributed by atoms with Crippen molar-refractivity contribution in [1.82, 2.24) is 20.3 Å². The summed E-state index contributed by atoms with van der Waals surface area (Å²) >= 11 is 0. The van der Waals surface area contributed by atoms with Crippen LogP contribution >= 0.6 is 0 Å². The summed E-state index contributed by atoms with van der Waals surface area (Å²) in [6, 6.07) is 7.67. The smallest absolute Gasteiger partial charge is 0.220 e. The number of nitrogens with two attached hydrogens (primary N) is 1. The van der Waals surface area contributed by atoms with Crippen molar-refractivity contribution in [3.63, 3.8) is 0 Å². The number of amides is 1. The van der Waals surface area contributed by atoms with Gasteiger partial charge in [-0.2, -0.15) is 0 Å². The monoisotopic (exact) mass is 287 g/mol. The molecule has 1 heterocycles. The van der Waals surface area contributed by atoms with Crippen molar-refractivity contribution < 1.29 is 4.79 Å². The van der Waals surface area contributed by atoms with E-state index in [1.165, 1.54) is 0 Å². The molecule has 0 fully saturated rings. The second-order valence-electron chi connectivity index (χ2n) is 5.14. The molecule has 0 saturated heterocycles. The van der Waals surface area contributed by atoms with Gasteiger partial charge in [-0.25, -0.2) is 0 Å². The standard InChI is InChI=1S/C15H21N5O/c1-12(13-3-5-14(16)6-4-13)11-15(21)17-7-2-9-20-10-8-18-19-20/h3-6,8,10,12H,2,7,9,11,16H2,1H3,(H,17,21). The number of nitrogen functional groups attached to an aromatic ring is 1. The fraction of sp³-hybridized carbons (Fsp3) is 0.400. The maximum absolute atomic E-state index is 11.9. The molecule has 1 unspecified atom stereocenters. The maximum Gasteiger partial charge on any atom is 0.220 e. The van der Waals surface area contributed by atoms with Crippen LogP contribution < -0.4 is 11.1 Å². The molecule has 1 amide bonds. The van der Waals surface area contributed by atoms with E-state index in [2.05, 4.69) is 15.6 Å². The Morgan fingerprint density at radius 1 is 1.38 bits per heavy atom. The van der Waals surface area contributed by atoms with Crippen LogP contribution in [0, 0.1) is 0 Å². The fourth-order valence-corrected chi connectivity index (χ4v) is 2.11. The minimum atomic E-state index is 0.0675. The minimum absolute atomic E-state index is 0.0675. The van der Waals surface area contributed by atoms with E-state index in [1.54, 1.807) is 10.9 Å². The number of hydrogen-bond donors (Lipinski definition) is 2. The fourth-order valence-electron chi connectivity index (χ4n) is 2.11. The summed E-state index contributed by atoms with van der Waals surface area (Å²) < 4.78 is 1.75. The van der Waals surface area contributed by atoms with Crippen molar-refractivity contribution in [3.05, 3.63) is 42.2 Å². The Bertz CT molecular complexity index is 550. The molecule has 0 spiro atoms. The van der Waals surface area contributed by atoms with Crippen LogP contribution in [-0.2, 0) is 11.3 Å². The molecule has 1 atom stereocenters. The van der Waals surface area contributed by atoms with Crippen molar-refractivity contribution in [2.45, 2.75) is 32.2 Å². The third-order valence-corrected chi connectivity index (χ3v) is 3.36. The van der Waals surface area contributed by atoms with Crippen molar-refractivity contribution in [2.24, 2.45) is 0 Å². The summed E-state index contributed by atoms with van der Waals surface area (Å²) in [6.45, 7) is 3.45. The molecule has 0 aliphatic rings. The molecule has 1 aromatic carbocycles. The highest BCUT2D eigenvalue weighted by atomic mass is 16.1. The van der Waals surface area contributed by atoms with Crippen LogP contribution in [0.4, 0.5) is 5.69 Å². The Kier molecular flexibility index (Phi) is 5.31. The predicted octanol–water partition coefficient (Wildman–Crippen LogP) is 1.56. The first-order chi connectivity index (χ1) is 10.1. The molecule has 6 nitrogen and oxygen atoms in total. The number of aryl methyl sites for hydroxylation is 1. The molecule has 0 aliphatic carbocycles. The molecule has 6 heteroatoms. The van der Waals surface area contributed by atoms with Crippen LogP contribution in [0.15, 0.2) is 36.7 Å². The van der Waals surface area contributed by atoms with Crippen molar-refractivity contribution >= 4 is 11.6 Å². The molecule has 112 valence electrons. The summed E-state index contributed by atoms with van der Waals surface area (Å²) in [5.74, 6) is 0.249. The van der Waals surface area contributed by atoms with Gasteiger partial charge in [0.05, 0.1) is 6.20 Å². The Hall–Kier alpha value is -2.37. The first-order valence-electron chi connectivity index (χ1n) is 7.11. The quantitative estimate of drug-likeness (QED) is 0.598. The zero-order valence-corrected chi connectivity index (χ0v) is 12.2. The van der Waals surface area contributed by atoms with Gasteiger partial charge >= 0.3 is 0 Å². The van der Waals surface area contributed by atoms with Crippen molar-refractivity contribution in [3.8, 4) is 0 Å². The van der Waals surface area contributed by atoms with Crippen LogP contribution in [0.25, 0.3) is 0 Å². The molecule has 0 saturated carbocycles. The lowest BCUT2D eigenvalue weighted by atomic mass is 9.97. The third-order valence-electron chi connectivity index (χ3n) is 3.36. The summed E-state index contributed by atoms with van der Waals surface area (Å²) in [4.78, 5) is 11.9. The molecule has 0 radical (unpaired) electrons. The van der Waals surface area contributed by atoms with Crippen molar-refractivity contribution in [1.29, 1.82) is 0 Å². The molecule has 3 N–H and O–H groups in total. The zero-order valence-electron chi connectivity index (χ0n) is 12.2. The number of benzene rings is 1. The van der Waals surface area contributed by atoms with E-state index in [4.69, 9.17) is 5.73 Å². The summed E-state index contributed by atoms with van der Waals surface area (Å²) in [5, 5.41) is 10.5. The summed E-state index contributed by atoms with van der Waals surface area (Å²) in [5.41, 5.74) is 7.52. The molecule has 2 rings (SSSR count). The van der Waals surface area contributed by atoms with Gasteiger partial charge in [0, 0.05) is 31.4 Å². The zero-order chi connectivity index (χ0) is 15.1. The highest BCUT2D eigenvalue weighted by Crippen LogP contribution is 2.19. The van der Waals surface area contributed by atoms with E-state index in [0.717, 1.165) is 24.2 Å². The number of nitrogens with one attached hydrogen (secondary N) is 1. The minimum Gasteiger partial charge on any atom is -0.399 e. The first kappa shape index (κ1) is 15.0. The van der Waals surface area contributed by atoms with E-state index in [-0.39, 0.29) is 11.8 Å². The second kappa shape index (κ2) is 7.42. The summed E-state index contributed by atoms with van der Waals surface area (Å²) in [6.07, 6.45) is 4.77. The van der Waals surface area contributed by atoms with E-state index in [0.29, 0.717) is 13.0 Å².